The van der Waals surface area contributed by atoms with E-state index in [1.807, 2.05) is 0 Å². The normalized spacial score (nSPS) is 39.4. The van der Waals surface area contributed by atoms with Crippen molar-refractivity contribution in [3.63, 3.8) is 0 Å². The van der Waals surface area contributed by atoms with Crippen LogP contribution in [0, 0.1) is 11.8 Å². The summed E-state index contributed by atoms with van der Waals surface area (Å²) >= 11 is 0. The minimum Gasteiger partial charge on any atom is -0.368 e. The van der Waals surface area contributed by atoms with Crippen molar-refractivity contribution in [1.29, 1.82) is 0 Å². The molecule has 0 radical (unpaired) electrons. The van der Waals surface area contributed by atoms with Crippen LogP contribution in [-0.4, -0.2) is 41.5 Å². The highest BCUT2D eigenvalue weighted by atomic mass is 16.1. The number of rotatable bonds is 4. The fourth-order valence-corrected chi connectivity index (χ4v) is 4.01. The summed E-state index contributed by atoms with van der Waals surface area (Å²) in [5.41, 5.74) is 5.25. The van der Waals surface area contributed by atoms with Crippen molar-refractivity contribution < 1.29 is 4.79 Å². The third-order valence-corrected chi connectivity index (χ3v) is 5.29. The molecule has 0 spiro atoms. The van der Waals surface area contributed by atoms with Crippen molar-refractivity contribution in [3.8, 4) is 0 Å². The van der Waals surface area contributed by atoms with E-state index >= 15 is 0 Å². The van der Waals surface area contributed by atoms with Gasteiger partial charge in [0.1, 0.15) is 0 Å². The number of hydrogen-bond donors (Lipinski definition) is 2. The second-order valence-electron chi connectivity index (χ2n) is 7.40. The van der Waals surface area contributed by atoms with Gasteiger partial charge < -0.3 is 11.1 Å². The molecule has 1 amide bonds. The SMILES string of the molecule is CC(C)NC1(C(N)=O)CCCC(N2CC(C)C(C)C2)C1. The van der Waals surface area contributed by atoms with Gasteiger partial charge in [-0.3, -0.25) is 9.69 Å². The number of hydrogen-bond acceptors (Lipinski definition) is 3. The third kappa shape index (κ3) is 3.17. The highest BCUT2D eigenvalue weighted by molar-refractivity contribution is 5.85. The number of nitrogens with two attached hydrogens (primary N) is 1. The van der Waals surface area contributed by atoms with Crippen LogP contribution in [0.1, 0.15) is 53.4 Å². The number of carbonyl (C=O) groups is 1. The molecule has 1 saturated carbocycles. The number of nitrogens with zero attached hydrogens (tertiary/aromatic N) is 1. The minimum absolute atomic E-state index is 0.170. The number of amides is 1. The van der Waals surface area contributed by atoms with Crippen molar-refractivity contribution in [2.24, 2.45) is 17.6 Å². The van der Waals surface area contributed by atoms with Crippen molar-refractivity contribution in [2.45, 2.75) is 71.0 Å². The molecule has 1 saturated heterocycles. The van der Waals surface area contributed by atoms with E-state index in [2.05, 4.69) is 37.9 Å². The number of likely N-dealkylation sites (tertiary alicyclic amines) is 1. The molecule has 4 atom stereocenters. The molecule has 0 aromatic carbocycles. The molecule has 1 aliphatic carbocycles. The lowest BCUT2D eigenvalue weighted by Gasteiger charge is -2.43. The third-order valence-electron chi connectivity index (χ3n) is 5.29. The number of carbonyl (C=O) groups excluding carboxylic acids is 1. The maximum Gasteiger partial charge on any atom is 0.237 e. The Hall–Kier alpha value is -0.610. The lowest BCUT2D eigenvalue weighted by Crippen LogP contribution is -2.62. The summed E-state index contributed by atoms with van der Waals surface area (Å²) in [6, 6.07) is 0.799. The zero-order valence-corrected chi connectivity index (χ0v) is 13.5. The molecule has 4 nitrogen and oxygen atoms in total. The largest absolute Gasteiger partial charge is 0.368 e. The second kappa shape index (κ2) is 6.02. The topological polar surface area (TPSA) is 58.4 Å². The van der Waals surface area contributed by atoms with Gasteiger partial charge in [-0.2, -0.15) is 0 Å². The van der Waals surface area contributed by atoms with Crippen molar-refractivity contribution in [1.82, 2.24) is 10.2 Å². The summed E-state index contributed by atoms with van der Waals surface area (Å²) in [6.45, 7) is 11.2. The Labute approximate surface area is 123 Å². The summed E-state index contributed by atoms with van der Waals surface area (Å²) in [4.78, 5) is 14.6. The first-order chi connectivity index (χ1) is 9.34. The average Bonchev–Trinajstić information content (AvgIpc) is 2.69. The second-order valence-corrected chi connectivity index (χ2v) is 7.40. The van der Waals surface area contributed by atoms with Gasteiger partial charge >= 0.3 is 0 Å². The van der Waals surface area contributed by atoms with E-state index in [9.17, 15) is 4.79 Å². The van der Waals surface area contributed by atoms with Crippen molar-refractivity contribution in [2.75, 3.05) is 13.1 Å². The summed E-state index contributed by atoms with van der Waals surface area (Å²) in [6.07, 6.45) is 4.05. The van der Waals surface area contributed by atoms with E-state index in [1.165, 1.54) is 19.5 Å². The van der Waals surface area contributed by atoms with E-state index < -0.39 is 5.54 Å². The van der Waals surface area contributed by atoms with Gasteiger partial charge in [0.25, 0.3) is 0 Å². The summed E-state index contributed by atoms with van der Waals surface area (Å²) < 4.78 is 0. The van der Waals surface area contributed by atoms with Gasteiger partial charge in [-0.05, 0) is 51.4 Å². The average molecular weight is 281 g/mol. The molecule has 0 bridgehead atoms. The van der Waals surface area contributed by atoms with E-state index in [0.29, 0.717) is 6.04 Å². The first-order valence-corrected chi connectivity index (χ1v) is 8.15. The Morgan fingerprint density at radius 2 is 1.90 bits per heavy atom. The summed E-state index contributed by atoms with van der Waals surface area (Å²) in [5, 5.41) is 3.47. The Bertz CT molecular complexity index is 348. The smallest absolute Gasteiger partial charge is 0.237 e. The van der Waals surface area contributed by atoms with E-state index in [0.717, 1.165) is 31.1 Å². The van der Waals surface area contributed by atoms with E-state index in [-0.39, 0.29) is 11.9 Å². The first kappa shape index (κ1) is 15.8. The molecule has 4 heteroatoms. The van der Waals surface area contributed by atoms with Crippen LogP contribution in [0.2, 0.25) is 0 Å². The Balaban J connectivity index is 2.08. The maximum absolute atomic E-state index is 12.0. The van der Waals surface area contributed by atoms with Crippen LogP contribution in [-0.2, 0) is 4.79 Å². The molecule has 2 aliphatic rings. The van der Waals surface area contributed by atoms with Gasteiger partial charge in [0.05, 0.1) is 5.54 Å². The van der Waals surface area contributed by atoms with Gasteiger partial charge in [-0.25, -0.2) is 0 Å². The molecule has 0 aromatic rings. The van der Waals surface area contributed by atoms with Gasteiger partial charge in [0.2, 0.25) is 5.91 Å². The zero-order chi connectivity index (χ0) is 14.9. The molecule has 4 unspecified atom stereocenters. The summed E-state index contributed by atoms with van der Waals surface area (Å²) in [7, 11) is 0. The molecular formula is C16H31N3O. The molecule has 1 aliphatic heterocycles. The molecule has 1 heterocycles. The molecule has 116 valence electrons. The Morgan fingerprint density at radius 1 is 1.30 bits per heavy atom. The lowest BCUT2D eigenvalue weighted by molar-refractivity contribution is -0.127. The molecule has 2 rings (SSSR count). The highest BCUT2D eigenvalue weighted by Crippen LogP contribution is 2.35. The zero-order valence-electron chi connectivity index (χ0n) is 13.5. The minimum atomic E-state index is -0.494. The van der Waals surface area contributed by atoms with Crippen LogP contribution in [0.3, 0.4) is 0 Å². The van der Waals surface area contributed by atoms with Crippen LogP contribution in [0.25, 0.3) is 0 Å². The van der Waals surface area contributed by atoms with E-state index in [1.54, 1.807) is 0 Å². The van der Waals surface area contributed by atoms with E-state index in [4.69, 9.17) is 5.73 Å². The lowest BCUT2D eigenvalue weighted by atomic mass is 9.77. The quantitative estimate of drug-likeness (QED) is 0.825. The maximum atomic E-state index is 12.0. The van der Waals surface area contributed by atoms with Gasteiger partial charge in [-0.1, -0.05) is 13.8 Å². The molecule has 2 fully saturated rings. The number of primary amides is 1. The fraction of sp³-hybridized carbons (Fsp3) is 0.938. The highest BCUT2D eigenvalue weighted by Gasteiger charge is 2.44. The van der Waals surface area contributed by atoms with Crippen LogP contribution >= 0.6 is 0 Å². The van der Waals surface area contributed by atoms with Crippen molar-refractivity contribution in [3.05, 3.63) is 0 Å². The predicted molar refractivity (Wildman–Crippen MR) is 82.4 cm³/mol. The van der Waals surface area contributed by atoms with Gasteiger partial charge in [0.15, 0.2) is 0 Å². The van der Waals surface area contributed by atoms with Crippen molar-refractivity contribution >= 4 is 5.91 Å². The summed E-state index contributed by atoms with van der Waals surface area (Å²) in [5.74, 6) is 1.35. The molecular weight excluding hydrogens is 250 g/mol. The predicted octanol–water partition coefficient (Wildman–Crippen LogP) is 1.74. The van der Waals surface area contributed by atoms with Crippen LogP contribution < -0.4 is 11.1 Å². The van der Waals surface area contributed by atoms with Crippen LogP contribution in [0.5, 0.6) is 0 Å². The molecule has 20 heavy (non-hydrogen) atoms. The molecule has 0 aromatic heterocycles. The van der Waals surface area contributed by atoms with Crippen LogP contribution in [0.15, 0.2) is 0 Å². The molecule has 3 N–H and O–H groups in total. The number of nitrogens with one attached hydrogen (secondary N) is 1. The van der Waals surface area contributed by atoms with Gasteiger partial charge in [0, 0.05) is 25.2 Å². The van der Waals surface area contributed by atoms with Crippen LogP contribution in [0.4, 0.5) is 0 Å². The fourth-order valence-electron chi connectivity index (χ4n) is 4.01. The van der Waals surface area contributed by atoms with Gasteiger partial charge in [-0.15, -0.1) is 0 Å². The first-order valence-electron chi connectivity index (χ1n) is 8.15. The standard InChI is InChI=1S/C16H31N3O/c1-11(2)18-16(15(17)20)7-5-6-14(8-16)19-9-12(3)13(4)10-19/h11-14,18H,5-10H2,1-4H3,(H2,17,20). The Kier molecular flexibility index (Phi) is 4.75. The Morgan fingerprint density at radius 3 is 2.40 bits per heavy atom. The monoisotopic (exact) mass is 281 g/mol.